The van der Waals surface area contributed by atoms with Gasteiger partial charge in [-0.25, -0.2) is 0 Å². The second-order valence-corrected chi connectivity index (χ2v) is 5.15. The molecular weight excluding hydrogens is 186 g/mol. The molecule has 0 bridgehead atoms. The molecule has 0 aliphatic carbocycles. The minimum absolute atomic E-state index is 0.317. The molecule has 1 fully saturated rings. The van der Waals surface area contributed by atoms with Gasteiger partial charge in [0.1, 0.15) is 0 Å². The van der Waals surface area contributed by atoms with Gasteiger partial charge in [0, 0.05) is 19.5 Å². The fraction of sp³-hybridized carbons (Fsp3) is 0.923. The van der Waals surface area contributed by atoms with Crippen LogP contribution in [0.2, 0.25) is 0 Å². The Hall–Kier alpha value is -0.530. The summed E-state index contributed by atoms with van der Waals surface area (Å²) in [6, 6.07) is 0. The van der Waals surface area contributed by atoms with Crippen molar-refractivity contribution in [3.05, 3.63) is 0 Å². The summed E-state index contributed by atoms with van der Waals surface area (Å²) < 4.78 is 0. The number of likely N-dealkylation sites (tertiary alicyclic amines) is 1. The first-order valence-electron chi connectivity index (χ1n) is 6.25. The summed E-state index contributed by atoms with van der Waals surface area (Å²) in [4.78, 5) is 13.2. The normalized spacial score (nSPS) is 17.3. The fourth-order valence-electron chi connectivity index (χ4n) is 1.48. The molecule has 2 nitrogen and oxygen atoms in total. The van der Waals surface area contributed by atoms with Gasteiger partial charge in [-0.15, -0.1) is 0 Å². The van der Waals surface area contributed by atoms with Crippen molar-refractivity contribution >= 4 is 5.91 Å². The summed E-state index contributed by atoms with van der Waals surface area (Å²) in [7, 11) is 0. The monoisotopic (exact) mass is 213 g/mol. The van der Waals surface area contributed by atoms with Crippen LogP contribution in [-0.4, -0.2) is 23.9 Å². The first kappa shape index (κ1) is 14.5. The number of hydrogen-bond donors (Lipinski definition) is 0. The van der Waals surface area contributed by atoms with Crippen molar-refractivity contribution in [3.63, 3.8) is 0 Å². The van der Waals surface area contributed by atoms with E-state index in [2.05, 4.69) is 27.7 Å². The van der Waals surface area contributed by atoms with Crippen LogP contribution in [0.15, 0.2) is 0 Å². The molecule has 15 heavy (non-hydrogen) atoms. The highest BCUT2D eigenvalue weighted by Gasteiger charge is 2.18. The van der Waals surface area contributed by atoms with Crippen LogP contribution >= 0.6 is 0 Å². The molecule has 1 amide bonds. The molecule has 0 aromatic rings. The molecule has 0 radical (unpaired) electrons. The number of hydrogen-bond acceptors (Lipinski definition) is 1. The molecule has 1 heterocycles. The Balaban J connectivity index is 0.000000423. The minimum Gasteiger partial charge on any atom is -0.343 e. The van der Waals surface area contributed by atoms with Gasteiger partial charge < -0.3 is 4.90 Å². The average molecular weight is 213 g/mol. The second kappa shape index (κ2) is 7.72. The molecule has 1 aliphatic heterocycles. The lowest BCUT2D eigenvalue weighted by Gasteiger charge is -2.29. The van der Waals surface area contributed by atoms with Crippen LogP contribution < -0.4 is 0 Å². The van der Waals surface area contributed by atoms with E-state index in [1.807, 2.05) is 11.8 Å². The maximum absolute atomic E-state index is 11.2. The Labute approximate surface area is 95.0 Å². The number of carbonyl (C=O) groups excluding carboxylic acids is 1. The number of carbonyl (C=O) groups is 1. The second-order valence-electron chi connectivity index (χ2n) is 5.15. The maximum atomic E-state index is 11.2. The van der Waals surface area contributed by atoms with Gasteiger partial charge in [0.2, 0.25) is 5.91 Å². The summed E-state index contributed by atoms with van der Waals surface area (Å²) in [6.45, 7) is 12.6. The van der Waals surface area contributed by atoms with E-state index in [-0.39, 0.29) is 0 Å². The van der Waals surface area contributed by atoms with Crippen LogP contribution in [0.25, 0.3) is 0 Å². The fourth-order valence-corrected chi connectivity index (χ4v) is 1.48. The third kappa shape index (κ3) is 7.40. The molecular formula is C13H27NO. The van der Waals surface area contributed by atoms with Crippen LogP contribution in [0, 0.1) is 11.8 Å². The first-order valence-corrected chi connectivity index (χ1v) is 6.25. The molecule has 1 aliphatic rings. The zero-order valence-corrected chi connectivity index (χ0v) is 11.0. The SMILES string of the molecule is CC(C)C.CCC(=O)N1CCC(C)CC1. The molecule has 90 valence electrons. The van der Waals surface area contributed by atoms with Gasteiger partial charge in [0.25, 0.3) is 0 Å². The zero-order valence-electron chi connectivity index (χ0n) is 11.0. The smallest absolute Gasteiger partial charge is 0.222 e. The Morgan fingerprint density at radius 3 is 2.00 bits per heavy atom. The van der Waals surface area contributed by atoms with Crippen molar-refractivity contribution in [2.45, 2.75) is 53.9 Å². The summed E-state index contributed by atoms with van der Waals surface area (Å²) >= 11 is 0. The molecule has 0 spiro atoms. The summed E-state index contributed by atoms with van der Waals surface area (Å²) in [5, 5.41) is 0. The molecule has 1 rings (SSSR count). The number of rotatable bonds is 1. The number of nitrogens with zero attached hydrogens (tertiary/aromatic N) is 1. The third-order valence-corrected chi connectivity index (χ3v) is 2.44. The quantitative estimate of drug-likeness (QED) is 0.654. The Bertz CT molecular complexity index is 167. The van der Waals surface area contributed by atoms with Gasteiger partial charge in [-0.1, -0.05) is 34.6 Å². The van der Waals surface area contributed by atoms with E-state index in [1.54, 1.807) is 0 Å². The van der Waals surface area contributed by atoms with Crippen LogP contribution in [0.3, 0.4) is 0 Å². The van der Waals surface area contributed by atoms with Crippen LogP contribution in [0.5, 0.6) is 0 Å². The predicted octanol–water partition coefficient (Wildman–Crippen LogP) is 3.32. The van der Waals surface area contributed by atoms with Crippen molar-refractivity contribution in [1.82, 2.24) is 4.90 Å². The van der Waals surface area contributed by atoms with Gasteiger partial charge in [-0.2, -0.15) is 0 Å². The molecule has 0 saturated carbocycles. The lowest BCUT2D eigenvalue weighted by atomic mass is 9.99. The lowest BCUT2D eigenvalue weighted by molar-refractivity contribution is -0.132. The Morgan fingerprint density at radius 2 is 1.67 bits per heavy atom. The molecule has 0 atom stereocenters. The van der Waals surface area contributed by atoms with Crippen molar-refractivity contribution in [3.8, 4) is 0 Å². The zero-order chi connectivity index (χ0) is 11.8. The van der Waals surface area contributed by atoms with E-state index in [4.69, 9.17) is 0 Å². The summed E-state index contributed by atoms with van der Waals surface area (Å²) in [5.41, 5.74) is 0. The molecule has 2 heteroatoms. The van der Waals surface area contributed by atoms with E-state index >= 15 is 0 Å². The highest BCUT2D eigenvalue weighted by Crippen LogP contribution is 2.16. The van der Waals surface area contributed by atoms with Crippen molar-refractivity contribution in [2.75, 3.05) is 13.1 Å². The largest absolute Gasteiger partial charge is 0.343 e. The number of piperidine rings is 1. The van der Waals surface area contributed by atoms with Crippen LogP contribution in [0.4, 0.5) is 0 Å². The molecule has 0 aromatic carbocycles. The third-order valence-electron chi connectivity index (χ3n) is 2.44. The first-order chi connectivity index (χ1) is 6.97. The Kier molecular flexibility index (Phi) is 7.45. The molecule has 0 unspecified atom stereocenters. The van der Waals surface area contributed by atoms with Gasteiger partial charge in [-0.05, 0) is 24.7 Å². The molecule has 0 aromatic heterocycles. The van der Waals surface area contributed by atoms with Gasteiger partial charge in [-0.3, -0.25) is 4.79 Å². The highest BCUT2D eigenvalue weighted by atomic mass is 16.2. The molecule has 1 saturated heterocycles. The van der Waals surface area contributed by atoms with Crippen molar-refractivity contribution in [1.29, 1.82) is 0 Å². The summed E-state index contributed by atoms with van der Waals surface area (Å²) in [6.07, 6.45) is 3.03. The minimum atomic E-state index is 0.317. The predicted molar refractivity (Wildman–Crippen MR) is 65.8 cm³/mol. The van der Waals surface area contributed by atoms with E-state index in [9.17, 15) is 4.79 Å². The topological polar surface area (TPSA) is 20.3 Å². The number of amides is 1. The van der Waals surface area contributed by atoms with Gasteiger partial charge in [0.05, 0.1) is 0 Å². The standard InChI is InChI=1S/C9H17NO.C4H10/c1-3-9(11)10-6-4-8(2)5-7-10;1-4(2)3/h8H,3-7H2,1-2H3;4H,1-3H3. The molecule has 0 N–H and O–H groups in total. The Morgan fingerprint density at radius 1 is 1.27 bits per heavy atom. The highest BCUT2D eigenvalue weighted by molar-refractivity contribution is 5.75. The van der Waals surface area contributed by atoms with Gasteiger partial charge >= 0.3 is 0 Å². The summed E-state index contributed by atoms with van der Waals surface area (Å²) in [5.74, 6) is 1.97. The lowest BCUT2D eigenvalue weighted by Crippen LogP contribution is -2.37. The van der Waals surface area contributed by atoms with E-state index < -0.39 is 0 Å². The van der Waals surface area contributed by atoms with E-state index in [1.165, 1.54) is 12.8 Å². The van der Waals surface area contributed by atoms with E-state index in [0.717, 1.165) is 24.9 Å². The van der Waals surface area contributed by atoms with Gasteiger partial charge in [0.15, 0.2) is 0 Å². The maximum Gasteiger partial charge on any atom is 0.222 e. The van der Waals surface area contributed by atoms with Crippen molar-refractivity contribution < 1.29 is 4.79 Å². The van der Waals surface area contributed by atoms with Crippen LogP contribution in [-0.2, 0) is 4.79 Å². The van der Waals surface area contributed by atoms with E-state index in [0.29, 0.717) is 12.3 Å². The average Bonchev–Trinajstić information content (AvgIpc) is 2.17. The van der Waals surface area contributed by atoms with Crippen molar-refractivity contribution in [2.24, 2.45) is 11.8 Å². The van der Waals surface area contributed by atoms with Crippen LogP contribution in [0.1, 0.15) is 53.9 Å².